The molecule has 1 aromatic heterocycles. The summed E-state index contributed by atoms with van der Waals surface area (Å²) >= 11 is 10.7. The average Bonchev–Trinajstić information content (AvgIpc) is 2.67. The molecule has 3 aromatic rings. The molecule has 0 bridgehead atoms. The van der Waals surface area contributed by atoms with Crippen molar-refractivity contribution in [2.45, 2.75) is 31.6 Å². The van der Waals surface area contributed by atoms with E-state index >= 15 is 0 Å². The average molecular weight is 495 g/mol. The summed E-state index contributed by atoms with van der Waals surface area (Å²) in [6.45, 7) is 4.37. The predicted molar refractivity (Wildman–Crippen MR) is 123 cm³/mol. The van der Waals surface area contributed by atoms with Crippen LogP contribution in [0, 0.1) is 0 Å². The Kier molecular flexibility index (Phi) is 7.03. The first-order chi connectivity index (χ1) is 13.8. The first-order valence-electron chi connectivity index (χ1n) is 9.09. The first kappa shape index (κ1) is 21.9. The van der Waals surface area contributed by atoms with E-state index in [0.717, 1.165) is 10.0 Å². The Hall–Kier alpha value is -1.83. The summed E-state index contributed by atoms with van der Waals surface area (Å²) < 4.78 is 2.63. The Morgan fingerprint density at radius 2 is 1.93 bits per heavy atom. The summed E-state index contributed by atoms with van der Waals surface area (Å²) in [6, 6.07) is 12.8. The number of rotatable bonds is 6. The van der Waals surface area contributed by atoms with Crippen LogP contribution < -0.4 is 5.56 Å². The maximum absolute atomic E-state index is 12.9. The molecule has 0 saturated carbocycles. The van der Waals surface area contributed by atoms with Gasteiger partial charge < -0.3 is 4.90 Å². The molecule has 2 aromatic carbocycles. The van der Waals surface area contributed by atoms with Gasteiger partial charge in [0.1, 0.15) is 0 Å². The van der Waals surface area contributed by atoms with Gasteiger partial charge in [0.2, 0.25) is 5.91 Å². The molecule has 29 heavy (non-hydrogen) atoms. The number of carbonyl (C=O) groups is 1. The van der Waals surface area contributed by atoms with Crippen molar-refractivity contribution in [3.8, 4) is 0 Å². The van der Waals surface area contributed by atoms with Crippen molar-refractivity contribution in [3.63, 3.8) is 0 Å². The minimum atomic E-state index is -0.125. The van der Waals surface area contributed by atoms with Crippen LogP contribution in [0.2, 0.25) is 5.02 Å². The van der Waals surface area contributed by atoms with Gasteiger partial charge in [-0.25, -0.2) is 4.98 Å². The van der Waals surface area contributed by atoms with Gasteiger partial charge in [-0.05, 0) is 49.7 Å². The molecule has 1 heterocycles. The molecule has 8 heteroatoms. The number of amides is 1. The van der Waals surface area contributed by atoms with Gasteiger partial charge in [-0.2, -0.15) is 0 Å². The smallest absolute Gasteiger partial charge is 0.262 e. The molecule has 152 valence electrons. The van der Waals surface area contributed by atoms with Gasteiger partial charge in [0.25, 0.3) is 5.56 Å². The third kappa shape index (κ3) is 5.21. The number of benzene rings is 2. The van der Waals surface area contributed by atoms with E-state index in [0.29, 0.717) is 27.6 Å². The lowest BCUT2D eigenvalue weighted by molar-refractivity contribution is -0.127. The van der Waals surface area contributed by atoms with E-state index in [4.69, 9.17) is 11.6 Å². The van der Waals surface area contributed by atoms with Gasteiger partial charge in [0.15, 0.2) is 5.16 Å². The molecule has 0 aliphatic heterocycles. The maximum atomic E-state index is 12.9. The number of aromatic nitrogens is 2. The zero-order valence-corrected chi connectivity index (χ0v) is 19.5. The molecule has 0 spiro atoms. The molecule has 0 fully saturated rings. The lowest BCUT2D eigenvalue weighted by atomic mass is 10.2. The molecule has 0 aliphatic rings. The van der Waals surface area contributed by atoms with E-state index in [1.807, 2.05) is 38.1 Å². The minimum Gasteiger partial charge on any atom is -0.341 e. The van der Waals surface area contributed by atoms with E-state index in [1.54, 1.807) is 34.7 Å². The van der Waals surface area contributed by atoms with Crippen molar-refractivity contribution in [2.75, 3.05) is 12.8 Å². The van der Waals surface area contributed by atoms with E-state index in [-0.39, 0.29) is 23.3 Å². The third-order valence-corrected chi connectivity index (χ3v) is 6.13. The van der Waals surface area contributed by atoms with E-state index in [2.05, 4.69) is 20.9 Å². The van der Waals surface area contributed by atoms with Gasteiger partial charge in [0, 0.05) is 29.1 Å². The van der Waals surface area contributed by atoms with E-state index in [9.17, 15) is 9.59 Å². The van der Waals surface area contributed by atoms with E-state index in [1.165, 1.54) is 11.8 Å². The monoisotopic (exact) mass is 493 g/mol. The number of halogens is 2. The van der Waals surface area contributed by atoms with Crippen LogP contribution in [0.3, 0.4) is 0 Å². The Bertz CT molecular complexity index is 1100. The lowest BCUT2D eigenvalue weighted by Crippen LogP contribution is -2.29. The highest BCUT2D eigenvalue weighted by atomic mass is 79.9. The Labute approximate surface area is 187 Å². The topological polar surface area (TPSA) is 55.2 Å². The van der Waals surface area contributed by atoms with Crippen LogP contribution in [0.1, 0.15) is 25.5 Å². The lowest BCUT2D eigenvalue weighted by Gasteiger charge is -2.19. The van der Waals surface area contributed by atoms with Gasteiger partial charge in [-0.1, -0.05) is 51.4 Å². The number of thioether (sulfide) groups is 1. The van der Waals surface area contributed by atoms with Gasteiger partial charge in [-0.3, -0.25) is 14.2 Å². The SMILES string of the molecule is CC(C)n1c(SCC(=O)N(C)Cc2ccc(Br)cc2)nc2cc(Cl)ccc2c1=O. The second kappa shape index (κ2) is 9.32. The highest BCUT2D eigenvalue weighted by Gasteiger charge is 2.17. The molecule has 0 aliphatic carbocycles. The van der Waals surface area contributed by atoms with Gasteiger partial charge >= 0.3 is 0 Å². The molecule has 0 atom stereocenters. The molecule has 0 radical (unpaired) electrons. The Balaban J connectivity index is 1.80. The summed E-state index contributed by atoms with van der Waals surface area (Å²) in [6.07, 6.45) is 0. The molecule has 3 rings (SSSR count). The largest absolute Gasteiger partial charge is 0.341 e. The molecular weight excluding hydrogens is 474 g/mol. The van der Waals surface area contributed by atoms with Crippen LogP contribution >= 0.6 is 39.3 Å². The molecular formula is C21H21BrClN3O2S. The summed E-state index contributed by atoms with van der Waals surface area (Å²) in [4.78, 5) is 31.8. The van der Waals surface area contributed by atoms with Gasteiger partial charge in [0.05, 0.1) is 16.7 Å². The Morgan fingerprint density at radius 3 is 2.59 bits per heavy atom. The molecule has 0 unspecified atom stereocenters. The van der Waals surface area contributed by atoms with Crippen molar-refractivity contribution in [1.82, 2.24) is 14.5 Å². The van der Waals surface area contributed by atoms with Crippen molar-refractivity contribution < 1.29 is 4.79 Å². The minimum absolute atomic E-state index is 0.0336. The fourth-order valence-electron chi connectivity index (χ4n) is 2.90. The molecule has 0 N–H and O–H groups in total. The fourth-order valence-corrected chi connectivity index (χ4v) is 4.40. The van der Waals surface area contributed by atoms with Crippen LogP contribution in [0.5, 0.6) is 0 Å². The first-order valence-corrected chi connectivity index (χ1v) is 11.2. The van der Waals surface area contributed by atoms with Crippen molar-refractivity contribution in [2.24, 2.45) is 0 Å². The Morgan fingerprint density at radius 1 is 1.24 bits per heavy atom. The number of fused-ring (bicyclic) bond motifs is 1. The highest BCUT2D eigenvalue weighted by Crippen LogP contribution is 2.23. The fraction of sp³-hybridized carbons (Fsp3) is 0.286. The zero-order valence-electron chi connectivity index (χ0n) is 16.4. The highest BCUT2D eigenvalue weighted by molar-refractivity contribution is 9.10. The maximum Gasteiger partial charge on any atom is 0.262 e. The van der Waals surface area contributed by atoms with Crippen LogP contribution in [-0.2, 0) is 11.3 Å². The second-order valence-electron chi connectivity index (χ2n) is 6.99. The van der Waals surface area contributed by atoms with E-state index < -0.39 is 0 Å². The predicted octanol–water partition coefficient (Wildman–Crippen LogP) is 5.14. The second-order valence-corrected chi connectivity index (χ2v) is 9.28. The number of hydrogen-bond acceptors (Lipinski definition) is 4. The van der Waals surface area contributed by atoms with Crippen LogP contribution in [-0.4, -0.2) is 33.2 Å². The summed E-state index contributed by atoms with van der Waals surface area (Å²) in [5, 5.41) is 1.56. The number of carbonyl (C=O) groups excluding carboxylic acids is 1. The number of nitrogens with zero attached hydrogens (tertiary/aromatic N) is 3. The normalized spacial score (nSPS) is 11.2. The molecule has 0 saturated heterocycles. The van der Waals surface area contributed by atoms with Crippen molar-refractivity contribution >= 4 is 56.1 Å². The standard InChI is InChI=1S/C21H21BrClN3O2S/c1-13(2)26-20(28)17-9-8-16(23)10-18(17)24-21(26)29-12-19(27)25(3)11-14-4-6-15(22)7-5-14/h4-10,13H,11-12H2,1-3H3. The summed E-state index contributed by atoms with van der Waals surface area (Å²) in [7, 11) is 1.77. The van der Waals surface area contributed by atoms with Crippen LogP contribution in [0.4, 0.5) is 0 Å². The molecule has 1 amide bonds. The van der Waals surface area contributed by atoms with Crippen molar-refractivity contribution in [1.29, 1.82) is 0 Å². The van der Waals surface area contributed by atoms with Crippen LogP contribution in [0.15, 0.2) is 56.9 Å². The summed E-state index contributed by atoms with van der Waals surface area (Å²) in [5.74, 6) is 0.159. The molecule has 5 nitrogen and oxygen atoms in total. The van der Waals surface area contributed by atoms with Crippen LogP contribution in [0.25, 0.3) is 10.9 Å². The zero-order chi connectivity index (χ0) is 21.1. The summed E-state index contributed by atoms with van der Waals surface area (Å²) in [5.41, 5.74) is 1.46. The third-order valence-electron chi connectivity index (χ3n) is 4.43. The number of hydrogen-bond donors (Lipinski definition) is 0. The quantitative estimate of drug-likeness (QED) is 0.351. The van der Waals surface area contributed by atoms with Crippen molar-refractivity contribution in [3.05, 3.63) is 67.9 Å². The van der Waals surface area contributed by atoms with Gasteiger partial charge in [-0.15, -0.1) is 0 Å².